The monoisotopic (exact) mass is 383 g/mol. The molecule has 2 aromatic carbocycles. The predicted molar refractivity (Wildman–Crippen MR) is 101 cm³/mol. The molecule has 3 aromatic rings. The van der Waals surface area contributed by atoms with Gasteiger partial charge in [-0.3, -0.25) is 19.5 Å². The highest BCUT2D eigenvalue weighted by atomic mass is 16.6. The molecule has 0 radical (unpaired) electrons. The van der Waals surface area contributed by atoms with Gasteiger partial charge in [0.25, 0.3) is 5.69 Å². The van der Waals surface area contributed by atoms with Gasteiger partial charge in [-0.2, -0.15) is 0 Å². The van der Waals surface area contributed by atoms with E-state index >= 15 is 0 Å². The minimum Gasteiger partial charge on any atom is -0.490 e. The number of nitrogens with zero attached hydrogens (tertiary/aromatic N) is 3. The number of anilines is 1. The van der Waals surface area contributed by atoms with Crippen molar-refractivity contribution in [3.05, 3.63) is 63.1 Å². The summed E-state index contributed by atoms with van der Waals surface area (Å²) >= 11 is 0. The first-order chi connectivity index (χ1) is 13.5. The quantitative estimate of drug-likeness (QED) is 0.495. The van der Waals surface area contributed by atoms with Crippen LogP contribution in [0.4, 0.5) is 11.4 Å². The van der Waals surface area contributed by atoms with Crippen molar-refractivity contribution in [1.82, 2.24) is 4.57 Å². The average molecular weight is 383 g/mol. The van der Waals surface area contributed by atoms with E-state index in [9.17, 15) is 19.7 Å². The minimum atomic E-state index is -0.598. The lowest BCUT2D eigenvalue weighted by atomic mass is 10.2. The van der Waals surface area contributed by atoms with Crippen molar-refractivity contribution in [3.8, 4) is 5.75 Å². The average Bonchev–Trinajstić information content (AvgIpc) is 3.02. The van der Waals surface area contributed by atoms with Crippen LogP contribution in [0, 0.1) is 10.1 Å². The summed E-state index contributed by atoms with van der Waals surface area (Å²) in [5.74, 6) is 0.0349. The Balaban J connectivity index is 1.46. The number of hydrogen-bond donors (Lipinski definition) is 0. The van der Waals surface area contributed by atoms with Gasteiger partial charge in [0, 0.05) is 19.0 Å². The lowest BCUT2D eigenvalue weighted by Crippen LogP contribution is -2.37. The Labute approximate surface area is 158 Å². The van der Waals surface area contributed by atoms with Crippen molar-refractivity contribution in [2.45, 2.75) is 19.4 Å². The van der Waals surface area contributed by atoms with Gasteiger partial charge in [-0.25, -0.2) is 4.79 Å². The van der Waals surface area contributed by atoms with Gasteiger partial charge in [0.15, 0.2) is 5.58 Å². The van der Waals surface area contributed by atoms with Gasteiger partial charge in [0.05, 0.1) is 28.7 Å². The molecule has 0 spiro atoms. The molecular formula is C19H17N3O6. The number of carbonyl (C=O) groups excluding carboxylic acids is 1. The van der Waals surface area contributed by atoms with E-state index in [2.05, 4.69) is 0 Å². The highest BCUT2D eigenvalue weighted by molar-refractivity contribution is 5.95. The molecular weight excluding hydrogens is 366 g/mol. The summed E-state index contributed by atoms with van der Waals surface area (Å²) in [6.45, 7) is 1.20. The molecule has 9 heteroatoms. The molecule has 0 saturated heterocycles. The zero-order valence-electron chi connectivity index (χ0n) is 14.9. The SMILES string of the molecule is O=C(CCCn1c(=O)oc2cc([N+](=O)[O-])ccc21)N1CCOc2ccccc21. The summed E-state index contributed by atoms with van der Waals surface area (Å²) in [6, 6.07) is 11.4. The number of aryl methyl sites for hydroxylation is 1. The highest BCUT2D eigenvalue weighted by Crippen LogP contribution is 2.31. The number of benzene rings is 2. The summed E-state index contributed by atoms with van der Waals surface area (Å²) in [7, 11) is 0. The van der Waals surface area contributed by atoms with Gasteiger partial charge < -0.3 is 14.1 Å². The number of para-hydroxylation sites is 2. The van der Waals surface area contributed by atoms with E-state index < -0.39 is 10.7 Å². The second kappa shape index (κ2) is 7.18. The van der Waals surface area contributed by atoms with Crippen LogP contribution in [0.25, 0.3) is 11.1 Å². The molecule has 1 amide bonds. The van der Waals surface area contributed by atoms with E-state index in [1.807, 2.05) is 24.3 Å². The third kappa shape index (κ3) is 3.22. The summed E-state index contributed by atoms with van der Waals surface area (Å²) < 4.78 is 12.0. The first-order valence-corrected chi connectivity index (χ1v) is 8.84. The largest absolute Gasteiger partial charge is 0.490 e. The van der Waals surface area contributed by atoms with E-state index in [0.717, 1.165) is 5.69 Å². The number of aromatic nitrogens is 1. The van der Waals surface area contributed by atoms with Gasteiger partial charge in [-0.05, 0) is 24.6 Å². The number of amides is 1. The number of hydrogen-bond acceptors (Lipinski definition) is 6. The third-order valence-corrected chi connectivity index (χ3v) is 4.66. The Morgan fingerprint density at radius 2 is 2.04 bits per heavy atom. The van der Waals surface area contributed by atoms with Crippen LogP contribution in [0.3, 0.4) is 0 Å². The fraction of sp³-hybridized carbons (Fsp3) is 0.263. The number of ether oxygens (including phenoxy) is 1. The standard InChI is InChI=1S/C19H17N3O6/c23-18(20-10-11-27-16-5-2-1-4-14(16)20)6-3-9-21-15-8-7-13(22(25)26)12-17(15)28-19(21)24/h1-2,4-5,7-8,12H,3,6,9-11H2. The molecule has 0 unspecified atom stereocenters. The molecule has 4 rings (SSSR count). The Kier molecular flexibility index (Phi) is 4.56. The van der Waals surface area contributed by atoms with Crippen molar-refractivity contribution in [2.24, 2.45) is 0 Å². The number of oxazole rings is 1. The second-order valence-corrected chi connectivity index (χ2v) is 6.39. The van der Waals surface area contributed by atoms with Crippen molar-refractivity contribution in [2.75, 3.05) is 18.1 Å². The van der Waals surface area contributed by atoms with Crippen molar-refractivity contribution in [3.63, 3.8) is 0 Å². The predicted octanol–water partition coefficient (Wildman–Crippen LogP) is 2.71. The molecule has 1 aromatic heterocycles. The molecule has 28 heavy (non-hydrogen) atoms. The first kappa shape index (κ1) is 17.8. The smallest absolute Gasteiger partial charge is 0.419 e. The van der Waals surface area contributed by atoms with Crippen LogP contribution in [0.1, 0.15) is 12.8 Å². The highest BCUT2D eigenvalue weighted by Gasteiger charge is 2.23. The molecule has 0 fully saturated rings. The zero-order valence-corrected chi connectivity index (χ0v) is 14.9. The van der Waals surface area contributed by atoms with Crippen LogP contribution in [0.15, 0.2) is 51.7 Å². The maximum Gasteiger partial charge on any atom is 0.419 e. The Morgan fingerprint density at radius 1 is 1.21 bits per heavy atom. The zero-order chi connectivity index (χ0) is 19.7. The number of fused-ring (bicyclic) bond motifs is 2. The molecule has 2 heterocycles. The van der Waals surface area contributed by atoms with Gasteiger partial charge in [0.1, 0.15) is 12.4 Å². The van der Waals surface area contributed by atoms with Crippen molar-refractivity contribution in [1.29, 1.82) is 0 Å². The van der Waals surface area contributed by atoms with Gasteiger partial charge in [-0.15, -0.1) is 0 Å². The van der Waals surface area contributed by atoms with Crippen molar-refractivity contribution >= 4 is 28.4 Å². The lowest BCUT2D eigenvalue weighted by Gasteiger charge is -2.29. The van der Waals surface area contributed by atoms with Gasteiger partial charge in [0.2, 0.25) is 5.91 Å². The van der Waals surface area contributed by atoms with Crippen LogP contribution < -0.4 is 15.4 Å². The maximum absolute atomic E-state index is 12.6. The molecule has 1 aliphatic rings. The first-order valence-electron chi connectivity index (χ1n) is 8.84. The summed E-state index contributed by atoms with van der Waals surface area (Å²) in [5.41, 5.74) is 1.24. The maximum atomic E-state index is 12.6. The Morgan fingerprint density at radius 3 is 2.86 bits per heavy atom. The second-order valence-electron chi connectivity index (χ2n) is 6.39. The number of rotatable bonds is 5. The summed E-state index contributed by atoms with van der Waals surface area (Å²) in [6.07, 6.45) is 0.685. The van der Waals surface area contributed by atoms with Crippen LogP contribution in [0.5, 0.6) is 5.75 Å². The van der Waals surface area contributed by atoms with E-state index in [-0.39, 0.29) is 30.1 Å². The number of nitro groups is 1. The molecule has 144 valence electrons. The fourth-order valence-electron chi connectivity index (χ4n) is 3.33. The minimum absolute atomic E-state index is 0.0489. The van der Waals surface area contributed by atoms with E-state index in [4.69, 9.17) is 9.15 Å². The number of nitro benzene ring substituents is 1. The van der Waals surface area contributed by atoms with Crippen molar-refractivity contribution < 1.29 is 18.9 Å². The molecule has 1 aliphatic heterocycles. The molecule has 0 aliphatic carbocycles. The van der Waals surface area contributed by atoms with E-state index in [0.29, 0.717) is 30.8 Å². The van der Waals surface area contributed by atoms with Crippen LogP contribution in [-0.4, -0.2) is 28.5 Å². The Hall–Kier alpha value is -3.62. The van der Waals surface area contributed by atoms with Crippen LogP contribution >= 0.6 is 0 Å². The molecule has 0 bridgehead atoms. The fourth-order valence-corrected chi connectivity index (χ4v) is 3.33. The number of non-ortho nitro benzene ring substituents is 1. The van der Waals surface area contributed by atoms with Gasteiger partial charge >= 0.3 is 5.76 Å². The summed E-state index contributed by atoms with van der Waals surface area (Å²) in [5, 5.41) is 10.8. The molecule has 0 atom stereocenters. The molecule has 9 nitrogen and oxygen atoms in total. The van der Waals surface area contributed by atoms with E-state index in [1.54, 1.807) is 4.90 Å². The normalized spacial score (nSPS) is 13.2. The molecule has 0 N–H and O–H groups in total. The molecule has 0 saturated carbocycles. The van der Waals surface area contributed by atoms with Gasteiger partial charge in [-0.1, -0.05) is 12.1 Å². The summed E-state index contributed by atoms with van der Waals surface area (Å²) in [4.78, 5) is 36.7. The van der Waals surface area contributed by atoms with E-state index in [1.165, 1.54) is 22.8 Å². The van der Waals surface area contributed by atoms with Crippen LogP contribution in [-0.2, 0) is 11.3 Å². The lowest BCUT2D eigenvalue weighted by molar-refractivity contribution is -0.384. The topological polar surface area (TPSA) is 108 Å². The Bertz CT molecular complexity index is 1120. The third-order valence-electron chi connectivity index (χ3n) is 4.66. The number of carbonyl (C=O) groups is 1. The van der Waals surface area contributed by atoms with Crippen LogP contribution in [0.2, 0.25) is 0 Å².